The number of aromatic amines is 1. The van der Waals surface area contributed by atoms with Gasteiger partial charge >= 0.3 is 5.97 Å². The van der Waals surface area contributed by atoms with Crippen LogP contribution in [0.25, 0.3) is 0 Å². The summed E-state index contributed by atoms with van der Waals surface area (Å²) in [6.45, 7) is 4.18. The van der Waals surface area contributed by atoms with E-state index in [-0.39, 0.29) is 0 Å². The van der Waals surface area contributed by atoms with Crippen LogP contribution in [0.1, 0.15) is 5.69 Å². The number of H-pyrrole nitrogens is 1. The Morgan fingerprint density at radius 3 is 2.60 bits per heavy atom. The molecule has 0 aliphatic carbocycles. The highest BCUT2D eigenvalue weighted by molar-refractivity contribution is 5.73. The number of aryl methyl sites for hydroxylation is 1. The Morgan fingerprint density at radius 2 is 2.33 bits per heavy atom. The average molecular weight is 211 g/mol. The molecule has 1 aromatic heterocycles. The number of hydrogen-bond donors (Lipinski definition) is 4. The van der Waals surface area contributed by atoms with E-state index in [1.807, 2.05) is 25.3 Å². The Kier molecular flexibility index (Phi) is 4.86. The number of nitrogens with one attached hydrogen (secondary N) is 3. The van der Waals surface area contributed by atoms with Gasteiger partial charge in [0.05, 0.1) is 0 Å². The molecule has 0 amide bonds. The first-order valence-electron chi connectivity index (χ1n) is 4.97. The van der Waals surface area contributed by atoms with E-state index in [0.29, 0.717) is 6.54 Å². The zero-order chi connectivity index (χ0) is 11.1. The van der Waals surface area contributed by atoms with Gasteiger partial charge in [0.25, 0.3) is 0 Å². The molecule has 0 bridgehead atoms. The Hall–Kier alpha value is -1.33. The van der Waals surface area contributed by atoms with Crippen molar-refractivity contribution >= 4 is 5.97 Å². The summed E-state index contributed by atoms with van der Waals surface area (Å²) in [6.07, 6.45) is 1.91. The molecule has 15 heavy (non-hydrogen) atoms. The number of rotatable bonds is 1. The molecule has 5 heteroatoms. The van der Waals surface area contributed by atoms with E-state index in [9.17, 15) is 4.79 Å². The van der Waals surface area contributed by atoms with Gasteiger partial charge in [-0.15, -0.1) is 0 Å². The SMILES string of the molecule is Cc1ccc[nH]1.O=C(O)C1CNCCN1. The van der Waals surface area contributed by atoms with Crippen molar-refractivity contribution in [3.63, 3.8) is 0 Å². The van der Waals surface area contributed by atoms with Crippen LogP contribution in [0.15, 0.2) is 18.3 Å². The van der Waals surface area contributed by atoms with Gasteiger partial charge in [-0.05, 0) is 19.1 Å². The van der Waals surface area contributed by atoms with Crippen LogP contribution >= 0.6 is 0 Å². The second-order valence-electron chi connectivity index (χ2n) is 3.40. The highest BCUT2D eigenvalue weighted by atomic mass is 16.4. The lowest BCUT2D eigenvalue weighted by Crippen LogP contribution is -2.52. The largest absolute Gasteiger partial charge is 0.480 e. The molecule has 1 atom stereocenters. The first-order valence-corrected chi connectivity index (χ1v) is 4.97. The molecule has 4 N–H and O–H groups in total. The van der Waals surface area contributed by atoms with Gasteiger partial charge in [-0.2, -0.15) is 0 Å². The van der Waals surface area contributed by atoms with Crippen molar-refractivity contribution in [2.75, 3.05) is 19.6 Å². The molecule has 1 unspecified atom stereocenters. The summed E-state index contributed by atoms with van der Waals surface area (Å²) < 4.78 is 0. The number of carbonyl (C=O) groups is 1. The molecule has 1 saturated heterocycles. The second-order valence-corrected chi connectivity index (χ2v) is 3.40. The minimum Gasteiger partial charge on any atom is -0.480 e. The van der Waals surface area contributed by atoms with Crippen molar-refractivity contribution in [3.05, 3.63) is 24.0 Å². The van der Waals surface area contributed by atoms with Gasteiger partial charge < -0.3 is 20.7 Å². The molecule has 0 saturated carbocycles. The van der Waals surface area contributed by atoms with E-state index in [1.165, 1.54) is 5.69 Å². The normalized spacial score (nSPS) is 20.2. The van der Waals surface area contributed by atoms with Gasteiger partial charge in [0.15, 0.2) is 0 Å². The lowest BCUT2D eigenvalue weighted by atomic mass is 10.2. The van der Waals surface area contributed by atoms with Gasteiger partial charge in [0, 0.05) is 31.5 Å². The maximum absolute atomic E-state index is 10.3. The fourth-order valence-corrected chi connectivity index (χ4v) is 1.25. The number of piperazine rings is 1. The molecule has 0 spiro atoms. The topological polar surface area (TPSA) is 77.2 Å². The first kappa shape index (κ1) is 11.7. The molecule has 1 aromatic rings. The number of carboxylic acid groups (broad SMARTS) is 1. The van der Waals surface area contributed by atoms with Crippen LogP contribution in [0, 0.1) is 6.92 Å². The Balaban J connectivity index is 0.000000162. The van der Waals surface area contributed by atoms with Crippen molar-refractivity contribution in [2.24, 2.45) is 0 Å². The number of aromatic nitrogens is 1. The average Bonchev–Trinajstić information content (AvgIpc) is 2.71. The van der Waals surface area contributed by atoms with Crippen LogP contribution in [0.2, 0.25) is 0 Å². The summed E-state index contributed by atoms with van der Waals surface area (Å²) in [6, 6.07) is 3.62. The summed E-state index contributed by atoms with van der Waals surface area (Å²) >= 11 is 0. The van der Waals surface area contributed by atoms with Crippen molar-refractivity contribution in [3.8, 4) is 0 Å². The smallest absolute Gasteiger partial charge is 0.322 e. The fraction of sp³-hybridized carbons (Fsp3) is 0.500. The number of aliphatic carboxylic acids is 1. The van der Waals surface area contributed by atoms with E-state index in [4.69, 9.17) is 5.11 Å². The second kappa shape index (κ2) is 6.21. The van der Waals surface area contributed by atoms with Gasteiger partial charge in [-0.1, -0.05) is 0 Å². The molecule has 2 heterocycles. The minimum atomic E-state index is -0.776. The van der Waals surface area contributed by atoms with Gasteiger partial charge in [-0.3, -0.25) is 4.79 Å². The summed E-state index contributed by atoms with van der Waals surface area (Å²) in [5.41, 5.74) is 1.22. The van der Waals surface area contributed by atoms with Crippen molar-refractivity contribution in [2.45, 2.75) is 13.0 Å². The Morgan fingerprint density at radius 1 is 1.53 bits per heavy atom. The van der Waals surface area contributed by atoms with E-state index >= 15 is 0 Å². The van der Waals surface area contributed by atoms with Gasteiger partial charge in [0.2, 0.25) is 0 Å². The predicted octanol–water partition coefficient (Wildman–Crippen LogP) is -0.0445. The van der Waals surface area contributed by atoms with Crippen LogP contribution in [0.4, 0.5) is 0 Å². The zero-order valence-corrected chi connectivity index (χ0v) is 8.79. The molecular weight excluding hydrogens is 194 g/mol. The zero-order valence-electron chi connectivity index (χ0n) is 8.79. The van der Waals surface area contributed by atoms with E-state index in [0.717, 1.165) is 13.1 Å². The van der Waals surface area contributed by atoms with E-state index in [2.05, 4.69) is 15.6 Å². The maximum atomic E-state index is 10.3. The first-order chi connectivity index (χ1) is 7.20. The standard InChI is InChI=1S/C5H10N2O2.C5H7N/c8-5(9)4-3-6-1-2-7-4;1-5-3-2-4-6-5/h4,6-7H,1-3H2,(H,8,9);2-4,6H,1H3. The van der Waals surface area contributed by atoms with Crippen LogP contribution in [0.3, 0.4) is 0 Å². The van der Waals surface area contributed by atoms with Crippen LogP contribution in [-0.4, -0.2) is 41.7 Å². The molecule has 1 aliphatic heterocycles. The third-order valence-electron chi connectivity index (χ3n) is 2.09. The Labute approximate surface area is 88.9 Å². The van der Waals surface area contributed by atoms with Crippen LogP contribution in [-0.2, 0) is 4.79 Å². The van der Waals surface area contributed by atoms with Crippen molar-refractivity contribution in [1.82, 2.24) is 15.6 Å². The van der Waals surface area contributed by atoms with Gasteiger partial charge in [0.1, 0.15) is 6.04 Å². The highest BCUT2D eigenvalue weighted by Gasteiger charge is 2.18. The van der Waals surface area contributed by atoms with Crippen molar-refractivity contribution in [1.29, 1.82) is 0 Å². The highest BCUT2D eigenvalue weighted by Crippen LogP contribution is 1.86. The molecule has 0 radical (unpaired) electrons. The summed E-state index contributed by atoms with van der Waals surface area (Å²) in [5, 5.41) is 14.3. The predicted molar refractivity (Wildman–Crippen MR) is 57.8 cm³/mol. The molecule has 0 aromatic carbocycles. The van der Waals surface area contributed by atoms with Crippen LogP contribution in [0.5, 0.6) is 0 Å². The van der Waals surface area contributed by atoms with Crippen LogP contribution < -0.4 is 10.6 Å². The maximum Gasteiger partial charge on any atom is 0.322 e. The molecule has 84 valence electrons. The lowest BCUT2D eigenvalue weighted by molar-refractivity contribution is -0.139. The monoisotopic (exact) mass is 211 g/mol. The summed E-state index contributed by atoms with van der Waals surface area (Å²) in [5.74, 6) is -0.776. The third-order valence-corrected chi connectivity index (χ3v) is 2.09. The van der Waals surface area contributed by atoms with E-state index in [1.54, 1.807) is 0 Å². The number of hydrogen-bond acceptors (Lipinski definition) is 3. The molecule has 5 nitrogen and oxygen atoms in total. The minimum absolute atomic E-state index is 0.390. The number of carboxylic acids is 1. The molecule has 1 fully saturated rings. The fourth-order valence-electron chi connectivity index (χ4n) is 1.25. The summed E-state index contributed by atoms with van der Waals surface area (Å²) in [4.78, 5) is 13.3. The molecule has 1 aliphatic rings. The molecule has 2 rings (SSSR count). The van der Waals surface area contributed by atoms with Crippen molar-refractivity contribution < 1.29 is 9.90 Å². The van der Waals surface area contributed by atoms with Gasteiger partial charge in [-0.25, -0.2) is 0 Å². The third kappa shape index (κ3) is 4.62. The Bertz CT molecular complexity index is 279. The summed E-state index contributed by atoms with van der Waals surface area (Å²) in [7, 11) is 0. The molecular formula is C10H17N3O2. The lowest BCUT2D eigenvalue weighted by Gasteiger charge is -2.20. The van der Waals surface area contributed by atoms with E-state index < -0.39 is 12.0 Å². The quantitative estimate of drug-likeness (QED) is 0.525.